The lowest BCUT2D eigenvalue weighted by Crippen LogP contribution is -2.49. The molecule has 1 atom stereocenters. The Labute approximate surface area is 172 Å². The smallest absolute Gasteiger partial charge is 0.317 e. The van der Waals surface area contributed by atoms with Crippen molar-refractivity contribution in [1.29, 1.82) is 0 Å². The van der Waals surface area contributed by atoms with E-state index in [1.54, 1.807) is 18.6 Å². The van der Waals surface area contributed by atoms with E-state index in [-0.39, 0.29) is 11.6 Å². The molecule has 154 valence electrons. The van der Waals surface area contributed by atoms with Crippen LogP contribution in [0.3, 0.4) is 0 Å². The van der Waals surface area contributed by atoms with E-state index < -0.39 is 0 Å². The molecule has 7 heteroatoms. The summed E-state index contributed by atoms with van der Waals surface area (Å²) < 4.78 is 6.29. The number of hydrogen-bond donors (Lipinski definition) is 1. The van der Waals surface area contributed by atoms with Crippen LogP contribution in [0.1, 0.15) is 30.4 Å². The fourth-order valence-corrected chi connectivity index (χ4v) is 4.27. The summed E-state index contributed by atoms with van der Waals surface area (Å²) in [6.45, 7) is 3.60. The number of hydrogen-bond acceptors (Lipinski definition) is 5. The molecule has 4 rings (SSSR count). The number of ether oxygens (including phenoxy) is 1. The second kappa shape index (κ2) is 8.88. The van der Waals surface area contributed by atoms with E-state index in [4.69, 9.17) is 4.74 Å². The van der Waals surface area contributed by atoms with Crippen LogP contribution in [0.4, 0.5) is 4.79 Å². The molecule has 2 saturated heterocycles. The summed E-state index contributed by atoms with van der Waals surface area (Å²) in [5.41, 5.74) is 2.14. The molecule has 2 amide bonds. The quantitative estimate of drug-likeness (QED) is 0.842. The van der Waals surface area contributed by atoms with E-state index in [2.05, 4.69) is 33.3 Å². The van der Waals surface area contributed by atoms with Gasteiger partial charge in [0.15, 0.2) is 0 Å². The van der Waals surface area contributed by atoms with Gasteiger partial charge in [0, 0.05) is 57.0 Å². The Hall–Kier alpha value is -2.51. The summed E-state index contributed by atoms with van der Waals surface area (Å²) in [4.78, 5) is 25.0. The molecule has 0 bridgehead atoms. The Morgan fingerprint density at radius 2 is 1.90 bits per heavy atom. The van der Waals surface area contributed by atoms with E-state index in [0.29, 0.717) is 12.6 Å². The van der Waals surface area contributed by atoms with Gasteiger partial charge >= 0.3 is 6.03 Å². The predicted molar refractivity (Wildman–Crippen MR) is 110 cm³/mol. The first kappa shape index (κ1) is 19.8. The molecule has 0 saturated carbocycles. The van der Waals surface area contributed by atoms with Gasteiger partial charge in [0.25, 0.3) is 0 Å². The number of urea groups is 1. The lowest BCUT2D eigenvalue weighted by molar-refractivity contribution is -0.0368. The lowest BCUT2D eigenvalue weighted by atomic mass is 9.87. The van der Waals surface area contributed by atoms with Gasteiger partial charge in [-0.1, -0.05) is 12.1 Å². The van der Waals surface area contributed by atoms with Crippen LogP contribution < -0.4 is 5.32 Å². The second-order valence-electron chi connectivity index (χ2n) is 8.14. The van der Waals surface area contributed by atoms with Crippen LogP contribution in [0.15, 0.2) is 49.1 Å². The number of nitrogens with zero attached hydrogens (tertiary/aromatic N) is 4. The zero-order valence-corrected chi connectivity index (χ0v) is 17.0. The molecule has 0 aliphatic carbocycles. The van der Waals surface area contributed by atoms with Gasteiger partial charge in [-0.2, -0.15) is 0 Å². The third-order valence-electron chi connectivity index (χ3n) is 6.10. The molecule has 29 heavy (non-hydrogen) atoms. The maximum atomic E-state index is 12.5. The van der Waals surface area contributed by atoms with E-state index in [1.165, 1.54) is 5.56 Å². The van der Waals surface area contributed by atoms with Crippen molar-refractivity contribution in [2.45, 2.75) is 44.0 Å². The van der Waals surface area contributed by atoms with Crippen molar-refractivity contribution in [2.24, 2.45) is 0 Å². The van der Waals surface area contributed by atoms with Gasteiger partial charge in [-0.15, -0.1) is 0 Å². The number of piperidine rings is 1. The molecule has 2 aliphatic heterocycles. The van der Waals surface area contributed by atoms with Crippen molar-refractivity contribution in [3.8, 4) is 0 Å². The van der Waals surface area contributed by atoms with Crippen molar-refractivity contribution >= 4 is 6.03 Å². The van der Waals surface area contributed by atoms with Gasteiger partial charge in [0.1, 0.15) is 0 Å². The van der Waals surface area contributed by atoms with Crippen LogP contribution in [0.5, 0.6) is 0 Å². The average Bonchev–Trinajstić information content (AvgIpc) is 3.18. The Kier molecular flexibility index (Phi) is 6.06. The summed E-state index contributed by atoms with van der Waals surface area (Å²) in [6, 6.07) is 8.33. The fourth-order valence-electron chi connectivity index (χ4n) is 4.27. The molecule has 2 aliphatic rings. The first-order chi connectivity index (χ1) is 14.1. The molecule has 1 N–H and O–H groups in total. The zero-order valence-electron chi connectivity index (χ0n) is 17.0. The van der Waals surface area contributed by atoms with Crippen LogP contribution in [0.25, 0.3) is 0 Å². The summed E-state index contributed by atoms with van der Waals surface area (Å²) in [7, 11) is 2.15. The van der Waals surface area contributed by atoms with Crippen molar-refractivity contribution < 1.29 is 9.53 Å². The number of likely N-dealkylation sites (N-methyl/N-ethyl adjacent to an activating group) is 1. The SMILES string of the molecule is CN(Cc1cccnc1)[C@H]1COC2(CCN(C(=O)NCc3cccnc3)CC2)C1. The minimum atomic E-state index is -0.0893. The van der Waals surface area contributed by atoms with Crippen LogP contribution in [-0.4, -0.2) is 64.2 Å². The monoisotopic (exact) mass is 395 g/mol. The van der Waals surface area contributed by atoms with Gasteiger partial charge in [0.05, 0.1) is 12.2 Å². The highest BCUT2D eigenvalue weighted by atomic mass is 16.5. The largest absolute Gasteiger partial charge is 0.373 e. The number of carbonyl (C=O) groups is 1. The standard InChI is InChI=1S/C22H29N5O2/c1-26(16-19-5-3-9-24-14-19)20-12-22(29-17-20)6-10-27(11-7-22)21(28)25-15-18-4-2-8-23-13-18/h2-5,8-9,13-14,20H,6-7,10-12,15-17H2,1H3,(H,25,28)/t20-/m1/s1. The van der Waals surface area contributed by atoms with Gasteiger partial charge < -0.3 is 15.0 Å². The maximum Gasteiger partial charge on any atom is 0.317 e. The third-order valence-corrected chi connectivity index (χ3v) is 6.10. The molecule has 2 aromatic rings. The lowest BCUT2D eigenvalue weighted by Gasteiger charge is -2.38. The van der Waals surface area contributed by atoms with Crippen molar-refractivity contribution in [3.63, 3.8) is 0 Å². The van der Waals surface area contributed by atoms with Gasteiger partial charge in [-0.05, 0) is 49.6 Å². The second-order valence-corrected chi connectivity index (χ2v) is 8.14. The van der Waals surface area contributed by atoms with Crippen LogP contribution in [0.2, 0.25) is 0 Å². The zero-order chi connectivity index (χ0) is 20.1. The molecular weight excluding hydrogens is 366 g/mol. The number of amides is 2. The van der Waals surface area contributed by atoms with Crippen molar-refractivity contribution in [3.05, 3.63) is 60.2 Å². The number of likely N-dealkylation sites (tertiary alicyclic amines) is 1. The maximum absolute atomic E-state index is 12.5. The predicted octanol–water partition coefficient (Wildman–Crippen LogP) is 2.44. The van der Waals surface area contributed by atoms with Crippen LogP contribution in [0, 0.1) is 0 Å². The van der Waals surface area contributed by atoms with E-state index >= 15 is 0 Å². The number of pyridine rings is 2. The highest BCUT2D eigenvalue weighted by Gasteiger charge is 2.44. The summed E-state index contributed by atoms with van der Waals surface area (Å²) in [5, 5.41) is 2.99. The average molecular weight is 396 g/mol. The molecule has 1 spiro atoms. The summed E-state index contributed by atoms with van der Waals surface area (Å²) in [6.07, 6.45) is 10.0. The molecule has 7 nitrogen and oxygen atoms in total. The Morgan fingerprint density at radius 3 is 2.55 bits per heavy atom. The molecule has 0 aromatic carbocycles. The Balaban J connectivity index is 1.24. The number of nitrogens with one attached hydrogen (secondary N) is 1. The number of aromatic nitrogens is 2. The Morgan fingerprint density at radius 1 is 1.21 bits per heavy atom. The Bertz CT molecular complexity index is 793. The highest BCUT2D eigenvalue weighted by Crippen LogP contribution is 2.37. The van der Waals surface area contributed by atoms with E-state index in [0.717, 1.165) is 51.1 Å². The molecule has 0 unspecified atom stereocenters. The van der Waals surface area contributed by atoms with Gasteiger partial charge in [-0.25, -0.2) is 4.79 Å². The molecule has 0 radical (unpaired) electrons. The third kappa shape index (κ3) is 4.92. The van der Waals surface area contributed by atoms with Crippen LogP contribution >= 0.6 is 0 Å². The first-order valence-electron chi connectivity index (χ1n) is 10.3. The van der Waals surface area contributed by atoms with Gasteiger partial charge in [-0.3, -0.25) is 14.9 Å². The van der Waals surface area contributed by atoms with E-state index in [1.807, 2.05) is 29.3 Å². The van der Waals surface area contributed by atoms with Gasteiger partial charge in [0.2, 0.25) is 0 Å². The summed E-state index contributed by atoms with van der Waals surface area (Å²) in [5.74, 6) is 0. The highest BCUT2D eigenvalue weighted by molar-refractivity contribution is 5.74. The first-order valence-corrected chi connectivity index (χ1v) is 10.3. The molecular formula is C22H29N5O2. The molecule has 2 aromatic heterocycles. The molecule has 4 heterocycles. The number of rotatable bonds is 5. The van der Waals surface area contributed by atoms with E-state index in [9.17, 15) is 4.79 Å². The number of carbonyl (C=O) groups excluding carboxylic acids is 1. The minimum Gasteiger partial charge on any atom is -0.373 e. The van der Waals surface area contributed by atoms with Crippen LogP contribution in [-0.2, 0) is 17.8 Å². The minimum absolute atomic E-state index is 0.00746. The fraction of sp³-hybridized carbons (Fsp3) is 0.500. The topological polar surface area (TPSA) is 70.6 Å². The molecule has 2 fully saturated rings. The summed E-state index contributed by atoms with van der Waals surface area (Å²) >= 11 is 0. The van der Waals surface area contributed by atoms with Crippen molar-refractivity contribution in [2.75, 3.05) is 26.7 Å². The van der Waals surface area contributed by atoms with Crippen molar-refractivity contribution in [1.82, 2.24) is 25.1 Å². The normalized spacial score (nSPS) is 20.9.